The van der Waals surface area contributed by atoms with E-state index in [0.717, 1.165) is 6.07 Å². The molecule has 0 radical (unpaired) electrons. The summed E-state index contributed by atoms with van der Waals surface area (Å²) in [7, 11) is -4.00. The Labute approximate surface area is 112 Å². The van der Waals surface area contributed by atoms with Gasteiger partial charge in [-0.05, 0) is 35.0 Å². The van der Waals surface area contributed by atoms with Gasteiger partial charge in [-0.2, -0.15) is 0 Å². The first-order chi connectivity index (χ1) is 8.40. The molecule has 2 N–H and O–H groups in total. The topological polar surface area (TPSA) is 58.2 Å². The second-order valence-corrected chi connectivity index (χ2v) is 6.51. The molecule has 1 heterocycles. The van der Waals surface area contributed by atoms with Gasteiger partial charge in [0, 0.05) is 23.1 Å². The molecule has 0 spiro atoms. The van der Waals surface area contributed by atoms with Crippen LogP contribution in [0.25, 0.3) is 0 Å². The molecule has 1 fully saturated rings. The van der Waals surface area contributed by atoms with E-state index >= 15 is 0 Å². The summed E-state index contributed by atoms with van der Waals surface area (Å²) in [5, 5.41) is 2.99. The molecule has 0 aromatic heterocycles. The van der Waals surface area contributed by atoms with Crippen LogP contribution in [-0.4, -0.2) is 27.5 Å². The van der Waals surface area contributed by atoms with Crippen molar-refractivity contribution in [2.24, 2.45) is 0 Å². The summed E-state index contributed by atoms with van der Waals surface area (Å²) in [5.41, 5.74) is 0. The molecule has 1 atom stereocenters. The molecular weight excluding hydrogens is 330 g/mol. The lowest BCUT2D eigenvalue weighted by Gasteiger charge is -2.13. The largest absolute Gasteiger partial charge is 0.315 e. The zero-order valence-electron chi connectivity index (χ0n) is 9.21. The lowest BCUT2D eigenvalue weighted by atomic mass is 10.3. The predicted octanol–water partition coefficient (Wildman–Crippen LogP) is 1.37. The van der Waals surface area contributed by atoms with E-state index in [9.17, 15) is 17.2 Å². The van der Waals surface area contributed by atoms with Crippen LogP contribution in [0, 0.1) is 11.6 Å². The van der Waals surface area contributed by atoms with Gasteiger partial charge in [-0.3, -0.25) is 0 Å². The fourth-order valence-corrected chi connectivity index (χ4v) is 4.26. The summed E-state index contributed by atoms with van der Waals surface area (Å²) in [6.07, 6.45) is 0.639. The normalized spacial score (nSPS) is 20.3. The molecule has 18 heavy (non-hydrogen) atoms. The first-order valence-electron chi connectivity index (χ1n) is 5.28. The van der Waals surface area contributed by atoms with Gasteiger partial charge in [0.25, 0.3) is 0 Å². The minimum Gasteiger partial charge on any atom is -0.315 e. The first kappa shape index (κ1) is 13.9. The van der Waals surface area contributed by atoms with Crippen molar-refractivity contribution in [2.45, 2.75) is 17.4 Å². The second kappa shape index (κ2) is 5.20. The molecule has 0 saturated carbocycles. The van der Waals surface area contributed by atoms with Gasteiger partial charge in [0.15, 0.2) is 0 Å². The van der Waals surface area contributed by atoms with Crippen molar-refractivity contribution in [1.29, 1.82) is 0 Å². The van der Waals surface area contributed by atoms with Crippen LogP contribution in [0.4, 0.5) is 8.78 Å². The molecule has 1 saturated heterocycles. The van der Waals surface area contributed by atoms with Crippen molar-refractivity contribution >= 4 is 26.0 Å². The van der Waals surface area contributed by atoms with E-state index in [2.05, 4.69) is 26.0 Å². The maximum atomic E-state index is 13.6. The van der Waals surface area contributed by atoms with E-state index in [4.69, 9.17) is 0 Å². The molecule has 4 nitrogen and oxygen atoms in total. The van der Waals surface area contributed by atoms with Gasteiger partial charge in [0.05, 0.1) is 0 Å². The average Bonchev–Trinajstić information content (AvgIpc) is 2.66. The summed E-state index contributed by atoms with van der Waals surface area (Å²) in [6.45, 7) is 1.21. The number of halogens is 3. The molecule has 1 aliphatic rings. The number of rotatable bonds is 3. The van der Waals surface area contributed by atoms with Crippen LogP contribution in [0.1, 0.15) is 6.42 Å². The van der Waals surface area contributed by atoms with E-state index < -0.39 is 26.6 Å². The maximum absolute atomic E-state index is 13.6. The highest BCUT2D eigenvalue weighted by Gasteiger charge is 2.27. The van der Waals surface area contributed by atoms with Gasteiger partial charge in [-0.25, -0.2) is 21.9 Å². The molecule has 8 heteroatoms. The SMILES string of the molecule is O=S(=O)(N[C@H]1CCNC1)c1c(F)cc(F)cc1Br. The van der Waals surface area contributed by atoms with Crippen LogP contribution < -0.4 is 10.0 Å². The lowest BCUT2D eigenvalue weighted by molar-refractivity contribution is 0.531. The molecule has 1 aliphatic heterocycles. The van der Waals surface area contributed by atoms with E-state index in [1.165, 1.54) is 0 Å². The summed E-state index contributed by atoms with van der Waals surface area (Å²) in [4.78, 5) is -0.559. The fraction of sp³-hybridized carbons (Fsp3) is 0.400. The molecule has 0 amide bonds. The molecule has 0 aliphatic carbocycles. The smallest absolute Gasteiger partial charge is 0.244 e. The molecule has 100 valence electrons. The highest BCUT2D eigenvalue weighted by Crippen LogP contribution is 2.26. The summed E-state index contributed by atoms with van der Waals surface area (Å²) in [5.74, 6) is -1.94. The number of benzene rings is 1. The van der Waals surface area contributed by atoms with Crippen molar-refractivity contribution in [3.05, 3.63) is 28.2 Å². The lowest BCUT2D eigenvalue weighted by Crippen LogP contribution is -2.36. The van der Waals surface area contributed by atoms with E-state index in [-0.39, 0.29) is 10.5 Å². The van der Waals surface area contributed by atoms with Crippen LogP contribution in [-0.2, 0) is 10.0 Å². The quantitative estimate of drug-likeness (QED) is 0.873. The van der Waals surface area contributed by atoms with Crippen LogP contribution in [0.3, 0.4) is 0 Å². The van der Waals surface area contributed by atoms with Gasteiger partial charge in [0.2, 0.25) is 10.0 Å². The van der Waals surface area contributed by atoms with Crippen molar-refractivity contribution in [2.75, 3.05) is 13.1 Å². The Morgan fingerprint density at radius 2 is 2.11 bits per heavy atom. The monoisotopic (exact) mass is 340 g/mol. The Kier molecular flexibility index (Phi) is 4.00. The Morgan fingerprint density at radius 3 is 2.67 bits per heavy atom. The van der Waals surface area contributed by atoms with Crippen molar-refractivity contribution in [3.8, 4) is 0 Å². The number of nitrogens with one attached hydrogen (secondary N) is 2. The van der Waals surface area contributed by atoms with Gasteiger partial charge in [-0.1, -0.05) is 0 Å². The highest BCUT2D eigenvalue weighted by molar-refractivity contribution is 9.10. The third-order valence-electron chi connectivity index (χ3n) is 2.61. The highest BCUT2D eigenvalue weighted by atomic mass is 79.9. The van der Waals surface area contributed by atoms with Gasteiger partial charge in [-0.15, -0.1) is 0 Å². The molecule has 1 aromatic rings. The second-order valence-electron chi connectivity index (χ2n) is 4.01. The van der Waals surface area contributed by atoms with Gasteiger partial charge in [0.1, 0.15) is 16.5 Å². The molecule has 0 bridgehead atoms. The van der Waals surface area contributed by atoms with E-state index in [1.54, 1.807) is 0 Å². The van der Waals surface area contributed by atoms with Crippen molar-refractivity contribution in [3.63, 3.8) is 0 Å². The number of hydrogen-bond donors (Lipinski definition) is 2. The van der Waals surface area contributed by atoms with Crippen LogP contribution in [0.15, 0.2) is 21.5 Å². The first-order valence-corrected chi connectivity index (χ1v) is 7.55. The summed E-state index contributed by atoms with van der Waals surface area (Å²) < 4.78 is 52.8. The third kappa shape index (κ3) is 2.87. The minimum atomic E-state index is -4.00. The third-order valence-corrected chi connectivity index (χ3v) is 5.10. The molecule has 1 aromatic carbocycles. The average molecular weight is 341 g/mol. The molecular formula is C10H11BrF2N2O2S. The standard InChI is InChI=1S/C10H11BrF2N2O2S/c11-8-3-6(12)4-9(13)10(8)18(16,17)15-7-1-2-14-5-7/h3-4,7,14-15H,1-2,5H2/t7-/m0/s1. The van der Waals surface area contributed by atoms with E-state index in [1.807, 2.05) is 0 Å². The molecule has 2 rings (SSSR count). The summed E-state index contributed by atoms with van der Waals surface area (Å²) >= 11 is 2.87. The Bertz CT molecular complexity index is 536. The van der Waals surface area contributed by atoms with Crippen LogP contribution >= 0.6 is 15.9 Å². The number of sulfonamides is 1. The molecule has 0 unspecified atom stereocenters. The minimum absolute atomic E-state index is 0.126. The van der Waals surface area contributed by atoms with Crippen LogP contribution in [0.5, 0.6) is 0 Å². The summed E-state index contributed by atoms with van der Waals surface area (Å²) in [6, 6.07) is 1.20. The van der Waals surface area contributed by atoms with Gasteiger partial charge >= 0.3 is 0 Å². The Balaban J connectivity index is 2.34. The van der Waals surface area contributed by atoms with E-state index in [0.29, 0.717) is 25.6 Å². The zero-order valence-corrected chi connectivity index (χ0v) is 11.6. The Morgan fingerprint density at radius 1 is 1.39 bits per heavy atom. The fourth-order valence-electron chi connectivity index (χ4n) is 1.82. The predicted molar refractivity (Wildman–Crippen MR) is 65.7 cm³/mol. The maximum Gasteiger partial charge on any atom is 0.244 e. The Hall–Kier alpha value is -0.570. The van der Waals surface area contributed by atoms with Gasteiger partial charge < -0.3 is 5.32 Å². The van der Waals surface area contributed by atoms with Crippen LogP contribution in [0.2, 0.25) is 0 Å². The van der Waals surface area contributed by atoms with Crippen molar-refractivity contribution in [1.82, 2.24) is 10.0 Å². The zero-order chi connectivity index (χ0) is 13.3. The van der Waals surface area contributed by atoms with Crippen molar-refractivity contribution < 1.29 is 17.2 Å². The number of hydrogen-bond acceptors (Lipinski definition) is 3.